The highest BCUT2D eigenvalue weighted by molar-refractivity contribution is 6.08. The second-order valence-electron chi connectivity index (χ2n) is 6.23. The fraction of sp³-hybridized carbons (Fsp3) is 0.412. The Morgan fingerprint density at radius 1 is 1.30 bits per heavy atom. The van der Waals surface area contributed by atoms with Crippen LogP contribution in [0.25, 0.3) is 0 Å². The predicted octanol–water partition coefficient (Wildman–Crippen LogP) is 1.56. The quantitative estimate of drug-likeness (QED) is 0.573. The van der Waals surface area contributed by atoms with E-state index in [4.69, 9.17) is 4.74 Å². The molecule has 0 saturated carbocycles. The molecule has 1 saturated heterocycles. The summed E-state index contributed by atoms with van der Waals surface area (Å²) in [4.78, 5) is 48.7. The maximum atomic E-state index is 13.5. The number of esters is 1. The standard InChI is InChI=1S/C17H19F2N3O5/c1-4-17(3)15(25)22(16(26)21-17)8-12(23)27-9(2)14(24)20-13-10(18)6-5-7-11(13)19/h5-7,9H,4,8H2,1-3H3,(H,20,24)(H,21,26)/t9-,17+/m0/s1. The Hall–Kier alpha value is -3.04. The summed E-state index contributed by atoms with van der Waals surface area (Å²) in [5.41, 5.74) is -1.78. The molecular weight excluding hydrogens is 364 g/mol. The molecule has 0 unspecified atom stereocenters. The van der Waals surface area contributed by atoms with Gasteiger partial charge in [-0.05, 0) is 32.4 Å². The van der Waals surface area contributed by atoms with Crippen molar-refractivity contribution in [1.82, 2.24) is 10.2 Å². The molecule has 2 N–H and O–H groups in total. The van der Waals surface area contributed by atoms with Crippen LogP contribution in [0.2, 0.25) is 0 Å². The highest BCUT2D eigenvalue weighted by Gasteiger charge is 2.47. The van der Waals surface area contributed by atoms with Crippen LogP contribution in [0.3, 0.4) is 0 Å². The van der Waals surface area contributed by atoms with Crippen LogP contribution in [0.4, 0.5) is 19.3 Å². The van der Waals surface area contributed by atoms with Gasteiger partial charge in [-0.15, -0.1) is 0 Å². The summed E-state index contributed by atoms with van der Waals surface area (Å²) in [6, 6.07) is 2.30. The summed E-state index contributed by atoms with van der Waals surface area (Å²) < 4.78 is 32.0. The van der Waals surface area contributed by atoms with Gasteiger partial charge in [-0.25, -0.2) is 13.6 Å². The van der Waals surface area contributed by atoms with Crippen LogP contribution >= 0.6 is 0 Å². The van der Waals surface area contributed by atoms with Crippen LogP contribution in [0.5, 0.6) is 0 Å². The summed E-state index contributed by atoms with van der Waals surface area (Å²) in [5.74, 6) is -4.55. The van der Waals surface area contributed by atoms with E-state index in [-0.39, 0.29) is 0 Å². The van der Waals surface area contributed by atoms with Gasteiger partial charge < -0.3 is 15.4 Å². The predicted molar refractivity (Wildman–Crippen MR) is 89.5 cm³/mol. The normalized spacial score (nSPS) is 20.3. The van der Waals surface area contributed by atoms with Crippen LogP contribution in [-0.2, 0) is 19.1 Å². The van der Waals surface area contributed by atoms with E-state index in [1.807, 2.05) is 5.32 Å². The zero-order chi connectivity index (χ0) is 20.4. The monoisotopic (exact) mass is 383 g/mol. The number of carbonyl (C=O) groups excluding carboxylic acids is 4. The van der Waals surface area contributed by atoms with Crippen LogP contribution in [0.15, 0.2) is 18.2 Å². The van der Waals surface area contributed by atoms with Crippen LogP contribution in [-0.4, -0.2) is 46.9 Å². The number of anilines is 1. The fourth-order valence-electron chi connectivity index (χ4n) is 2.39. The van der Waals surface area contributed by atoms with E-state index in [1.54, 1.807) is 6.92 Å². The fourth-order valence-corrected chi connectivity index (χ4v) is 2.39. The van der Waals surface area contributed by atoms with E-state index < -0.39 is 59.3 Å². The maximum Gasteiger partial charge on any atom is 0.327 e. The molecule has 146 valence electrons. The molecule has 0 spiro atoms. The number of imide groups is 1. The van der Waals surface area contributed by atoms with E-state index in [1.165, 1.54) is 13.8 Å². The molecule has 1 fully saturated rings. The van der Waals surface area contributed by atoms with Crippen molar-refractivity contribution in [3.63, 3.8) is 0 Å². The minimum Gasteiger partial charge on any atom is -0.451 e. The second kappa shape index (κ2) is 7.68. The van der Waals surface area contributed by atoms with E-state index in [0.717, 1.165) is 18.2 Å². The number of amides is 4. The molecule has 0 aromatic heterocycles. The number of hydrogen-bond acceptors (Lipinski definition) is 5. The van der Waals surface area contributed by atoms with E-state index >= 15 is 0 Å². The molecule has 2 atom stereocenters. The molecule has 1 aliphatic rings. The van der Waals surface area contributed by atoms with Gasteiger partial charge in [0.1, 0.15) is 29.4 Å². The lowest BCUT2D eigenvalue weighted by Gasteiger charge is -2.19. The number of nitrogens with one attached hydrogen (secondary N) is 2. The van der Waals surface area contributed by atoms with Crippen LogP contribution in [0, 0.1) is 11.6 Å². The Morgan fingerprint density at radius 3 is 2.41 bits per heavy atom. The van der Waals surface area contributed by atoms with Gasteiger partial charge in [-0.2, -0.15) is 0 Å². The van der Waals surface area contributed by atoms with Gasteiger partial charge in [0.2, 0.25) is 0 Å². The van der Waals surface area contributed by atoms with Gasteiger partial charge in [-0.1, -0.05) is 13.0 Å². The first-order valence-corrected chi connectivity index (χ1v) is 8.17. The molecule has 10 heteroatoms. The number of ether oxygens (including phenoxy) is 1. The molecule has 0 radical (unpaired) electrons. The Kier molecular flexibility index (Phi) is 5.77. The maximum absolute atomic E-state index is 13.5. The number of hydrogen-bond donors (Lipinski definition) is 2. The number of para-hydroxylation sites is 1. The molecule has 1 heterocycles. The van der Waals surface area contributed by atoms with Gasteiger partial charge in [-0.3, -0.25) is 19.3 Å². The molecular formula is C17H19F2N3O5. The third kappa shape index (κ3) is 4.21. The van der Waals surface area contributed by atoms with Gasteiger partial charge in [0.15, 0.2) is 6.10 Å². The minimum atomic E-state index is -1.41. The number of urea groups is 1. The molecule has 0 bridgehead atoms. The SMILES string of the molecule is CC[C@@]1(C)NC(=O)N(CC(=O)O[C@@H](C)C(=O)Nc2c(F)cccc2F)C1=O. The zero-order valence-electron chi connectivity index (χ0n) is 15.0. The number of benzene rings is 1. The molecule has 1 aromatic carbocycles. The zero-order valence-corrected chi connectivity index (χ0v) is 15.0. The van der Waals surface area contributed by atoms with Crippen molar-refractivity contribution in [2.75, 3.05) is 11.9 Å². The Bertz CT molecular complexity index is 781. The second-order valence-corrected chi connectivity index (χ2v) is 6.23. The first kappa shape index (κ1) is 20.3. The smallest absolute Gasteiger partial charge is 0.327 e. The number of nitrogens with zero attached hydrogens (tertiary/aromatic N) is 1. The summed E-state index contributed by atoms with van der Waals surface area (Å²) in [5, 5.41) is 4.46. The highest BCUT2D eigenvalue weighted by atomic mass is 19.1. The number of halogens is 2. The average molecular weight is 383 g/mol. The lowest BCUT2D eigenvalue weighted by atomic mass is 9.99. The van der Waals surface area contributed by atoms with Crippen molar-refractivity contribution in [3.05, 3.63) is 29.8 Å². The molecule has 1 aromatic rings. The lowest BCUT2D eigenvalue weighted by Crippen LogP contribution is -2.44. The Morgan fingerprint density at radius 2 is 1.89 bits per heavy atom. The molecule has 0 aliphatic carbocycles. The molecule has 27 heavy (non-hydrogen) atoms. The average Bonchev–Trinajstić information content (AvgIpc) is 2.81. The number of carbonyl (C=O) groups is 4. The van der Waals surface area contributed by atoms with E-state index in [2.05, 4.69) is 5.32 Å². The Balaban J connectivity index is 1.96. The highest BCUT2D eigenvalue weighted by Crippen LogP contribution is 2.21. The van der Waals surface area contributed by atoms with Gasteiger partial charge >= 0.3 is 12.0 Å². The lowest BCUT2D eigenvalue weighted by molar-refractivity contribution is -0.155. The molecule has 2 rings (SSSR count). The summed E-state index contributed by atoms with van der Waals surface area (Å²) in [6.07, 6.45) is -1.08. The largest absolute Gasteiger partial charge is 0.451 e. The third-order valence-corrected chi connectivity index (χ3v) is 4.23. The first-order chi connectivity index (χ1) is 12.6. The van der Waals surface area contributed by atoms with Crippen molar-refractivity contribution in [1.29, 1.82) is 0 Å². The summed E-state index contributed by atoms with van der Waals surface area (Å²) in [7, 11) is 0. The van der Waals surface area contributed by atoms with Crippen molar-refractivity contribution < 1.29 is 32.7 Å². The molecule has 4 amide bonds. The summed E-state index contributed by atoms with van der Waals surface area (Å²) in [6.45, 7) is 3.73. The van der Waals surface area contributed by atoms with Gasteiger partial charge in [0.05, 0.1) is 0 Å². The van der Waals surface area contributed by atoms with E-state index in [9.17, 15) is 28.0 Å². The Labute approximate surface area is 153 Å². The first-order valence-electron chi connectivity index (χ1n) is 8.17. The van der Waals surface area contributed by atoms with Crippen molar-refractivity contribution in [3.8, 4) is 0 Å². The number of rotatable bonds is 6. The molecule has 1 aliphatic heterocycles. The topological polar surface area (TPSA) is 105 Å². The van der Waals surface area contributed by atoms with Crippen molar-refractivity contribution in [2.24, 2.45) is 0 Å². The van der Waals surface area contributed by atoms with Crippen molar-refractivity contribution >= 4 is 29.5 Å². The van der Waals surface area contributed by atoms with Crippen LogP contribution < -0.4 is 10.6 Å². The minimum absolute atomic E-state index is 0.329. The third-order valence-electron chi connectivity index (χ3n) is 4.23. The van der Waals surface area contributed by atoms with Crippen LogP contribution in [0.1, 0.15) is 27.2 Å². The van der Waals surface area contributed by atoms with E-state index in [0.29, 0.717) is 11.3 Å². The summed E-state index contributed by atoms with van der Waals surface area (Å²) >= 11 is 0. The van der Waals surface area contributed by atoms with Gasteiger partial charge in [0, 0.05) is 0 Å². The van der Waals surface area contributed by atoms with Gasteiger partial charge in [0.25, 0.3) is 11.8 Å². The molecule has 8 nitrogen and oxygen atoms in total. The van der Waals surface area contributed by atoms with Crippen molar-refractivity contribution in [2.45, 2.75) is 38.8 Å².